The van der Waals surface area contributed by atoms with E-state index in [0.717, 1.165) is 66.0 Å². The van der Waals surface area contributed by atoms with Gasteiger partial charge in [0, 0.05) is 42.6 Å². The zero-order valence-electron chi connectivity index (χ0n) is 26.5. The molecule has 232 valence electrons. The Hall–Kier alpha value is -6.36. The molecule has 0 saturated heterocycles. The maximum atomic E-state index is 6.49. The molecule has 4 heterocycles. The van der Waals surface area contributed by atoms with E-state index in [1.807, 2.05) is 18.2 Å². The Labute approximate surface area is 288 Å². The van der Waals surface area contributed by atoms with Gasteiger partial charge in [0.25, 0.3) is 0 Å². The van der Waals surface area contributed by atoms with Crippen LogP contribution in [0.3, 0.4) is 0 Å². The van der Waals surface area contributed by atoms with Crippen LogP contribution in [-0.2, 0) is 0 Å². The summed E-state index contributed by atoms with van der Waals surface area (Å²) in [6.07, 6.45) is 0. The highest BCUT2D eigenvalue weighted by atomic mass is 32.1. The maximum absolute atomic E-state index is 6.49. The average molecular weight is 657 g/mol. The van der Waals surface area contributed by atoms with E-state index in [1.54, 1.807) is 11.3 Å². The van der Waals surface area contributed by atoms with Gasteiger partial charge in [0.05, 0.1) is 5.39 Å². The van der Waals surface area contributed by atoms with E-state index in [2.05, 4.69) is 127 Å². The number of rotatable bonds is 2. The summed E-state index contributed by atoms with van der Waals surface area (Å²) in [5.41, 5.74) is 10.2. The van der Waals surface area contributed by atoms with Gasteiger partial charge in [-0.3, -0.25) is 0 Å². The minimum absolute atomic E-state index is 0.831. The average Bonchev–Trinajstić information content (AvgIpc) is 3.94. The third-order valence-corrected chi connectivity index (χ3v) is 11.6. The summed E-state index contributed by atoms with van der Waals surface area (Å²) in [4.78, 5) is 0. The van der Waals surface area contributed by atoms with Crippen molar-refractivity contribution in [3.63, 3.8) is 0 Å². The summed E-state index contributed by atoms with van der Waals surface area (Å²) in [5, 5.41) is 15.1. The van der Waals surface area contributed by atoms with Crippen molar-refractivity contribution in [3.8, 4) is 22.3 Å². The van der Waals surface area contributed by atoms with Gasteiger partial charge in [-0.05, 0) is 92.1 Å². The van der Waals surface area contributed by atoms with Gasteiger partial charge in [0.1, 0.15) is 33.5 Å². The summed E-state index contributed by atoms with van der Waals surface area (Å²) in [7, 11) is 0. The van der Waals surface area contributed by atoms with Crippen LogP contribution >= 0.6 is 11.3 Å². The van der Waals surface area contributed by atoms with Crippen molar-refractivity contribution in [2.75, 3.05) is 0 Å². The Kier molecular flexibility index (Phi) is 5.12. The molecule has 0 aliphatic rings. The fraction of sp³-hybridized carbons (Fsp3) is 0. The smallest absolute Gasteiger partial charge is 0.147 e. The van der Waals surface area contributed by atoms with Gasteiger partial charge in [-0.2, -0.15) is 0 Å². The standard InChI is InChI=1S/C46H24O3S/c1-3-12-29-27(10-1)41(25-17-20-38-34(23-25)43-39(48-38)21-18-31-26-9-5-7-15-36(26)49-45(31)43)28-11-2-4-13-30(28)42(29)35-24-50-46-32(35)19-22-40-44(46)33-14-6-8-16-37(33)47-40/h1-24H. The molecule has 8 aromatic carbocycles. The Morgan fingerprint density at radius 3 is 1.62 bits per heavy atom. The van der Waals surface area contributed by atoms with Crippen molar-refractivity contribution in [1.82, 2.24) is 0 Å². The van der Waals surface area contributed by atoms with E-state index in [0.29, 0.717) is 0 Å². The lowest BCUT2D eigenvalue weighted by molar-refractivity contribution is 0.663. The summed E-state index contributed by atoms with van der Waals surface area (Å²) in [6.45, 7) is 0. The van der Waals surface area contributed by atoms with Crippen LogP contribution in [0, 0.1) is 0 Å². The molecular formula is C46H24O3S. The third-order valence-electron chi connectivity index (χ3n) is 10.5. The van der Waals surface area contributed by atoms with Crippen LogP contribution in [0.2, 0.25) is 0 Å². The number of furan rings is 3. The van der Waals surface area contributed by atoms with Crippen molar-refractivity contribution in [1.29, 1.82) is 0 Å². The highest BCUT2D eigenvalue weighted by Gasteiger charge is 2.22. The number of benzene rings is 8. The molecule has 12 rings (SSSR count). The lowest BCUT2D eigenvalue weighted by Gasteiger charge is -2.17. The second kappa shape index (κ2) is 9.63. The van der Waals surface area contributed by atoms with Gasteiger partial charge in [0.15, 0.2) is 0 Å². The van der Waals surface area contributed by atoms with Crippen LogP contribution < -0.4 is 0 Å². The van der Waals surface area contributed by atoms with Crippen molar-refractivity contribution in [3.05, 3.63) is 145 Å². The highest BCUT2D eigenvalue weighted by Crippen LogP contribution is 2.49. The van der Waals surface area contributed by atoms with E-state index >= 15 is 0 Å². The molecule has 0 spiro atoms. The van der Waals surface area contributed by atoms with Gasteiger partial charge in [-0.25, -0.2) is 0 Å². The van der Waals surface area contributed by atoms with Crippen LogP contribution in [0.5, 0.6) is 0 Å². The molecule has 0 unspecified atom stereocenters. The molecule has 0 amide bonds. The molecule has 0 radical (unpaired) electrons. The fourth-order valence-electron chi connectivity index (χ4n) is 8.42. The molecule has 0 N–H and O–H groups in total. The summed E-state index contributed by atoms with van der Waals surface area (Å²) in [5.74, 6) is 0. The van der Waals surface area contributed by atoms with Gasteiger partial charge in [0.2, 0.25) is 0 Å². The maximum Gasteiger partial charge on any atom is 0.147 e. The summed E-state index contributed by atoms with van der Waals surface area (Å²) >= 11 is 1.80. The minimum atomic E-state index is 0.831. The number of hydrogen-bond acceptors (Lipinski definition) is 4. The van der Waals surface area contributed by atoms with Gasteiger partial charge in [-0.15, -0.1) is 11.3 Å². The molecule has 0 saturated carbocycles. The SMILES string of the molecule is c1ccc2c(c1)oc1c2ccc2oc3ccc(-c4c5ccccc5c(-c5csc6c5ccc5oc7ccccc7c56)c5ccccc45)cc3c21. The Morgan fingerprint density at radius 2 is 0.900 bits per heavy atom. The summed E-state index contributed by atoms with van der Waals surface area (Å²) in [6, 6.07) is 49.5. The first-order valence-electron chi connectivity index (χ1n) is 16.8. The predicted molar refractivity (Wildman–Crippen MR) is 210 cm³/mol. The van der Waals surface area contributed by atoms with Crippen molar-refractivity contribution in [2.45, 2.75) is 0 Å². The number of hydrogen-bond donors (Lipinski definition) is 0. The predicted octanol–water partition coefficient (Wildman–Crippen LogP) is 14.2. The fourth-order valence-corrected chi connectivity index (χ4v) is 9.54. The third kappa shape index (κ3) is 3.43. The molecule has 0 fully saturated rings. The van der Waals surface area contributed by atoms with Gasteiger partial charge in [-0.1, -0.05) is 91.0 Å². The topological polar surface area (TPSA) is 39.4 Å². The number of para-hydroxylation sites is 2. The van der Waals surface area contributed by atoms with E-state index in [1.165, 1.54) is 53.7 Å². The largest absolute Gasteiger partial charge is 0.456 e. The summed E-state index contributed by atoms with van der Waals surface area (Å²) < 4.78 is 20.4. The zero-order chi connectivity index (χ0) is 32.5. The van der Waals surface area contributed by atoms with Crippen molar-refractivity contribution >= 4 is 109 Å². The molecule has 4 aromatic heterocycles. The van der Waals surface area contributed by atoms with Crippen LogP contribution in [-0.4, -0.2) is 0 Å². The molecule has 0 atom stereocenters. The normalized spacial score (nSPS) is 12.4. The molecule has 12 aromatic rings. The van der Waals surface area contributed by atoms with Crippen molar-refractivity contribution in [2.24, 2.45) is 0 Å². The first-order valence-corrected chi connectivity index (χ1v) is 17.7. The van der Waals surface area contributed by atoms with Crippen LogP contribution in [0.25, 0.3) is 120 Å². The van der Waals surface area contributed by atoms with E-state index in [4.69, 9.17) is 13.3 Å². The van der Waals surface area contributed by atoms with Crippen LogP contribution in [0.4, 0.5) is 0 Å². The van der Waals surface area contributed by atoms with Gasteiger partial charge < -0.3 is 13.3 Å². The number of fused-ring (bicyclic) bond motifs is 14. The van der Waals surface area contributed by atoms with Crippen LogP contribution in [0.15, 0.2) is 158 Å². The van der Waals surface area contributed by atoms with E-state index in [-0.39, 0.29) is 0 Å². The molecule has 4 heteroatoms. The monoisotopic (exact) mass is 656 g/mol. The lowest BCUT2D eigenvalue weighted by Crippen LogP contribution is -1.90. The molecule has 0 bridgehead atoms. The molecule has 0 aliphatic carbocycles. The molecule has 50 heavy (non-hydrogen) atoms. The van der Waals surface area contributed by atoms with Crippen LogP contribution in [0.1, 0.15) is 0 Å². The molecule has 0 aliphatic heterocycles. The Bertz CT molecular complexity index is 3330. The first kappa shape index (κ1) is 26.6. The Morgan fingerprint density at radius 1 is 0.360 bits per heavy atom. The first-order chi connectivity index (χ1) is 24.8. The highest BCUT2D eigenvalue weighted by molar-refractivity contribution is 7.19. The molecule has 3 nitrogen and oxygen atoms in total. The quantitative estimate of drug-likeness (QED) is 0.174. The van der Waals surface area contributed by atoms with Gasteiger partial charge >= 0.3 is 0 Å². The second-order valence-corrected chi connectivity index (χ2v) is 14.0. The molecular weight excluding hydrogens is 633 g/mol. The number of thiophene rings is 1. The second-order valence-electron chi connectivity index (χ2n) is 13.1. The lowest BCUT2D eigenvalue weighted by atomic mass is 9.85. The minimum Gasteiger partial charge on any atom is -0.456 e. The Balaban J connectivity index is 1.16. The zero-order valence-corrected chi connectivity index (χ0v) is 27.3. The van der Waals surface area contributed by atoms with Crippen molar-refractivity contribution < 1.29 is 13.3 Å². The van der Waals surface area contributed by atoms with E-state index in [9.17, 15) is 0 Å². The van der Waals surface area contributed by atoms with E-state index < -0.39 is 0 Å².